The molecule has 3 heterocycles. The highest BCUT2D eigenvalue weighted by atomic mass is 32.1. The van der Waals surface area contributed by atoms with Gasteiger partial charge < -0.3 is 19.1 Å². The number of nitrogens with zero attached hydrogens (tertiary/aromatic N) is 4. The van der Waals surface area contributed by atoms with Gasteiger partial charge in [0.15, 0.2) is 11.6 Å². The predicted molar refractivity (Wildman–Crippen MR) is 153 cm³/mol. The highest BCUT2D eigenvalue weighted by molar-refractivity contribution is 7.14. The van der Waals surface area contributed by atoms with Crippen LogP contribution in [0.1, 0.15) is 71.4 Å². The second-order valence-electron chi connectivity index (χ2n) is 10.8. The minimum Gasteiger partial charge on any atom is -0.489 e. The van der Waals surface area contributed by atoms with Crippen molar-refractivity contribution in [1.29, 1.82) is 0 Å². The Labute approximate surface area is 238 Å². The van der Waals surface area contributed by atoms with Crippen molar-refractivity contribution in [2.75, 3.05) is 31.7 Å². The molecule has 2 atom stereocenters. The normalized spacial score (nSPS) is 17.5. The van der Waals surface area contributed by atoms with Crippen LogP contribution >= 0.6 is 11.3 Å². The zero-order valence-electron chi connectivity index (χ0n) is 23.5. The molecule has 0 spiro atoms. The Kier molecular flexibility index (Phi) is 8.63. The number of carbonyl (C=O) groups excluding carboxylic acids is 2. The molecule has 10 heteroatoms. The van der Waals surface area contributed by atoms with Crippen molar-refractivity contribution >= 4 is 28.7 Å². The van der Waals surface area contributed by atoms with Crippen LogP contribution in [0, 0.1) is 12.8 Å². The van der Waals surface area contributed by atoms with Gasteiger partial charge in [0.25, 0.3) is 5.88 Å². The summed E-state index contributed by atoms with van der Waals surface area (Å²) in [6.45, 7) is 7.55. The molecule has 0 unspecified atom stereocenters. The molecule has 2 fully saturated rings. The molecule has 1 saturated carbocycles. The van der Waals surface area contributed by atoms with Crippen LogP contribution in [0.4, 0.5) is 5.82 Å². The van der Waals surface area contributed by atoms with Gasteiger partial charge in [-0.15, -0.1) is 11.3 Å². The monoisotopic (exact) mass is 564 g/mol. The van der Waals surface area contributed by atoms with Crippen LogP contribution in [0.25, 0.3) is 0 Å². The summed E-state index contributed by atoms with van der Waals surface area (Å²) in [5.41, 5.74) is 1.78. The number of aryl methyl sites for hydroxylation is 1. The lowest BCUT2D eigenvalue weighted by Gasteiger charge is -2.21. The van der Waals surface area contributed by atoms with E-state index in [1.807, 2.05) is 38.1 Å². The van der Waals surface area contributed by atoms with Crippen LogP contribution < -0.4 is 19.1 Å². The summed E-state index contributed by atoms with van der Waals surface area (Å²) in [5, 5.41) is 0.702. The Hall–Kier alpha value is -3.53. The molecule has 0 N–H and O–H groups in total. The fraction of sp³-hybridized carbons (Fsp3) is 0.500. The number of Topliss-reactive ketones (excluding diaryl/α,β-unsaturated/α-hetero) is 2. The average Bonchev–Trinajstić information content (AvgIpc) is 3.53. The second kappa shape index (κ2) is 12.3. The van der Waals surface area contributed by atoms with Crippen molar-refractivity contribution in [3.8, 4) is 17.4 Å². The number of methoxy groups -OCH3 is 1. The first-order valence-electron chi connectivity index (χ1n) is 13.8. The van der Waals surface area contributed by atoms with Crippen LogP contribution in [0.5, 0.6) is 17.4 Å². The van der Waals surface area contributed by atoms with Gasteiger partial charge in [-0.3, -0.25) is 9.59 Å². The maximum atomic E-state index is 13.0. The fourth-order valence-electron chi connectivity index (χ4n) is 4.91. The molecule has 0 bridgehead atoms. The number of benzene rings is 1. The Balaban J connectivity index is 1.16. The van der Waals surface area contributed by atoms with Gasteiger partial charge in [-0.2, -0.15) is 4.98 Å². The van der Waals surface area contributed by atoms with E-state index in [0.717, 1.165) is 30.1 Å². The first-order valence-corrected chi connectivity index (χ1v) is 14.6. The molecule has 40 heavy (non-hydrogen) atoms. The lowest BCUT2D eigenvalue weighted by Crippen LogP contribution is -2.26. The standard InChI is InChI=1S/C30H36N4O5S/c1-18(13-25(36)28-20(3)33-26(40-28)14-19(2)35)22-7-9-23(10-8-22)39-24-11-12-34(15-24)29-27(37-4)30(32-17-31-29)38-16-21-5-6-21/h7-10,17-18,21,24H,5-6,11-16H2,1-4H3/t18-,24-/m1/s1. The Bertz CT molecular complexity index is 1350. The van der Waals surface area contributed by atoms with Crippen LogP contribution in [-0.2, 0) is 11.2 Å². The first-order chi connectivity index (χ1) is 19.3. The summed E-state index contributed by atoms with van der Waals surface area (Å²) in [7, 11) is 1.62. The number of rotatable bonds is 13. The largest absolute Gasteiger partial charge is 0.489 e. The Morgan fingerprint density at radius 3 is 2.62 bits per heavy atom. The molecule has 0 amide bonds. The number of aromatic nitrogens is 3. The second-order valence-corrected chi connectivity index (χ2v) is 11.8. The van der Waals surface area contributed by atoms with E-state index in [1.165, 1.54) is 37.4 Å². The molecule has 1 aromatic carbocycles. The third-order valence-electron chi connectivity index (χ3n) is 7.29. The summed E-state index contributed by atoms with van der Waals surface area (Å²) in [6, 6.07) is 7.99. The van der Waals surface area contributed by atoms with Gasteiger partial charge in [-0.05, 0) is 56.2 Å². The fourth-order valence-corrected chi connectivity index (χ4v) is 5.99. The van der Waals surface area contributed by atoms with Gasteiger partial charge in [0.05, 0.1) is 37.3 Å². The van der Waals surface area contributed by atoms with Gasteiger partial charge in [-0.25, -0.2) is 9.97 Å². The third-order valence-corrected chi connectivity index (χ3v) is 8.49. The molecule has 2 aliphatic rings. The molecule has 3 aromatic rings. The van der Waals surface area contributed by atoms with Gasteiger partial charge in [-0.1, -0.05) is 19.1 Å². The smallest absolute Gasteiger partial charge is 0.262 e. The lowest BCUT2D eigenvalue weighted by molar-refractivity contribution is -0.116. The maximum absolute atomic E-state index is 13.0. The zero-order chi connectivity index (χ0) is 28.2. The van der Waals surface area contributed by atoms with E-state index >= 15 is 0 Å². The number of hydrogen-bond acceptors (Lipinski definition) is 10. The minimum absolute atomic E-state index is 0.0128. The van der Waals surface area contributed by atoms with Crippen LogP contribution in [0.2, 0.25) is 0 Å². The van der Waals surface area contributed by atoms with Crippen molar-refractivity contribution in [2.45, 2.75) is 64.9 Å². The van der Waals surface area contributed by atoms with Gasteiger partial charge in [0.2, 0.25) is 5.75 Å². The topological polar surface area (TPSA) is 104 Å². The predicted octanol–water partition coefficient (Wildman–Crippen LogP) is 5.20. The quantitative estimate of drug-likeness (QED) is 0.259. The number of thiazole rings is 1. The van der Waals surface area contributed by atoms with Crippen molar-refractivity contribution in [3.05, 3.63) is 51.7 Å². The third kappa shape index (κ3) is 6.78. The van der Waals surface area contributed by atoms with E-state index in [0.29, 0.717) is 52.7 Å². The molecule has 1 aliphatic carbocycles. The summed E-state index contributed by atoms with van der Waals surface area (Å²) in [6.07, 6.45) is 5.47. The van der Waals surface area contributed by atoms with Gasteiger partial charge >= 0.3 is 0 Å². The number of carbonyl (C=O) groups is 2. The minimum atomic E-state index is 0.0128. The van der Waals surface area contributed by atoms with E-state index in [9.17, 15) is 9.59 Å². The molecule has 1 aliphatic heterocycles. The van der Waals surface area contributed by atoms with Crippen LogP contribution in [-0.4, -0.2) is 59.4 Å². The maximum Gasteiger partial charge on any atom is 0.262 e. The highest BCUT2D eigenvalue weighted by Gasteiger charge is 2.30. The van der Waals surface area contributed by atoms with E-state index < -0.39 is 0 Å². The Morgan fingerprint density at radius 1 is 1.15 bits per heavy atom. The lowest BCUT2D eigenvalue weighted by atomic mass is 9.95. The van der Waals surface area contributed by atoms with E-state index in [4.69, 9.17) is 14.2 Å². The zero-order valence-corrected chi connectivity index (χ0v) is 24.3. The van der Waals surface area contributed by atoms with E-state index in [2.05, 4.69) is 19.9 Å². The summed E-state index contributed by atoms with van der Waals surface area (Å²) in [4.78, 5) is 40.4. The van der Waals surface area contributed by atoms with Crippen LogP contribution in [0.3, 0.4) is 0 Å². The molecule has 9 nitrogen and oxygen atoms in total. The number of ketones is 2. The molecule has 2 aromatic heterocycles. The Morgan fingerprint density at radius 2 is 1.93 bits per heavy atom. The summed E-state index contributed by atoms with van der Waals surface area (Å²) >= 11 is 1.33. The van der Waals surface area contributed by atoms with Crippen molar-refractivity contribution in [1.82, 2.24) is 15.0 Å². The first kappa shape index (κ1) is 28.0. The van der Waals surface area contributed by atoms with Crippen molar-refractivity contribution in [2.24, 2.45) is 5.92 Å². The van der Waals surface area contributed by atoms with E-state index in [1.54, 1.807) is 7.11 Å². The van der Waals surface area contributed by atoms with Crippen LogP contribution in [0.15, 0.2) is 30.6 Å². The number of hydrogen-bond donors (Lipinski definition) is 0. The summed E-state index contributed by atoms with van der Waals surface area (Å²) < 4.78 is 17.8. The highest BCUT2D eigenvalue weighted by Crippen LogP contribution is 2.37. The molecule has 212 valence electrons. The number of anilines is 1. The van der Waals surface area contributed by atoms with Crippen molar-refractivity contribution in [3.63, 3.8) is 0 Å². The molecular weight excluding hydrogens is 528 g/mol. The molecule has 1 saturated heterocycles. The molecular formula is C30H36N4O5S. The van der Waals surface area contributed by atoms with Gasteiger partial charge in [0.1, 0.15) is 29.0 Å². The molecule has 0 radical (unpaired) electrons. The SMILES string of the molecule is COc1c(OCC2CC2)ncnc1N1CC[C@@H](Oc2ccc([C@H](C)CC(=O)c3sc(CC(C)=O)nc3C)cc2)C1. The van der Waals surface area contributed by atoms with Crippen molar-refractivity contribution < 1.29 is 23.8 Å². The molecule has 5 rings (SSSR count). The summed E-state index contributed by atoms with van der Waals surface area (Å²) in [5.74, 6) is 3.36. The van der Waals surface area contributed by atoms with E-state index in [-0.39, 0.29) is 30.0 Å². The average molecular weight is 565 g/mol. The number of ether oxygens (including phenoxy) is 3. The van der Waals surface area contributed by atoms with Gasteiger partial charge in [0, 0.05) is 19.4 Å².